The molecule has 3 aromatic heterocycles. The third-order valence-electron chi connectivity index (χ3n) is 7.62. The fourth-order valence-corrected chi connectivity index (χ4v) is 5.73. The van der Waals surface area contributed by atoms with E-state index in [1.165, 1.54) is 0 Å². The molecule has 0 saturated carbocycles. The maximum absolute atomic E-state index is 10.9. The summed E-state index contributed by atoms with van der Waals surface area (Å²) < 4.78 is 20.2. The summed E-state index contributed by atoms with van der Waals surface area (Å²) in [5, 5.41) is 11.9. The maximum Gasteiger partial charge on any atom is 0.0960 e. The molecular formula is C31H34N4O2. The van der Waals surface area contributed by atoms with Gasteiger partial charge < -0.3 is 19.0 Å². The highest BCUT2D eigenvalue weighted by molar-refractivity contribution is 6.07. The van der Waals surface area contributed by atoms with E-state index in [1.807, 2.05) is 67.5 Å². The summed E-state index contributed by atoms with van der Waals surface area (Å²) in [6, 6.07) is 17.2. The van der Waals surface area contributed by atoms with Crippen LogP contribution in [0.25, 0.3) is 33.2 Å². The van der Waals surface area contributed by atoms with Gasteiger partial charge in [0.1, 0.15) is 0 Å². The predicted octanol–water partition coefficient (Wildman–Crippen LogP) is 6.14. The minimum Gasteiger partial charge on any atom is -0.386 e. The van der Waals surface area contributed by atoms with Crippen molar-refractivity contribution < 1.29 is 11.2 Å². The molecule has 5 aromatic rings. The summed E-state index contributed by atoms with van der Waals surface area (Å²) >= 11 is 0. The van der Waals surface area contributed by atoms with Crippen LogP contribution in [0.15, 0.2) is 67.1 Å². The fraction of sp³-hybridized carbons (Fsp3) is 0.355. The molecule has 1 aliphatic rings. The van der Waals surface area contributed by atoms with Gasteiger partial charge in [-0.1, -0.05) is 42.5 Å². The molecular weight excluding hydrogens is 460 g/mol. The smallest absolute Gasteiger partial charge is 0.0960 e. The lowest BCUT2D eigenvalue weighted by Gasteiger charge is -2.33. The van der Waals surface area contributed by atoms with Crippen molar-refractivity contribution in [1.82, 2.24) is 19.1 Å². The van der Waals surface area contributed by atoms with Gasteiger partial charge >= 0.3 is 0 Å². The number of fused-ring (bicyclic) bond motifs is 3. The van der Waals surface area contributed by atoms with Crippen LogP contribution in [0.1, 0.15) is 50.9 Å². The molecule has 0 spiro atoms. The quantitative estimate of drug-likeness (QED) is 0.318. The molecule has 37 heavy (non-hydrogen) atoms. The molecule has 0 aliphatic carbocycles. The molecule has 1 fully saturated rings. The van der Waals surface area contributed by atoms with Gasteiger partial charge in [0.25, 0.3) is 0 Å². The van der Waals surface area contributed by atoms with Gasteiger partial charge in [-0.05, 0) is 62.8 Å². The molecule has 2 aromatic carbocycles. The Bertz CT molecular complexity index is 1610. The molecule has 6 heteroatoms. The molecule has 1 aliphatic heterocycles. The summed E-state index contributed by atoms with van der Waals surface area (Å²) in [5.74, 6) is 0.0327. The van der Waals surface area contributed by atoms with E-state index in [9.17, 15) is 6.48 Å². The number of aryl methyl sites for hydroxylation is 2. The Hall–Kier alpha value is -3.48. The van der Waals surface area contributed by atoms with Crippen molar-refractivity contribution in [2.45, 2.75) is 45.2 Å². The zero-order chi connectivity index (χ0) is 26.7. The van der Waals surface area contributed by atoms with Crippen LogP contribution < -0.4 is 0 Å². The Labute approximate surface area is 219 Å². The van der Waals surface area contributed by atoms with E-state index in [0.717, 1.165) is 62.9 Å². The first-order valence-corrected chi connectivity index (χ1v) is 13.0. The highest BCUT2D eigenvalue weighted by Crippen LogP contribution is 2.42. The Morgan fingerprint density at radius 1 is 1.05 bits per heavy atom. The zero-order valence-electron chi connectivity index (χ0n) is 22.9. The summed E-state index contributed by atoms with van der Waals surface area (Å²) in [6.45, 7) is 6.88. The molecule has 1 saturated heterocycles. The van der Waals surface area contributed by atoms with Gasteiger partial charge in [0.2, 0.25) is 0 Å². The standard InChI is InChI=1S/C31H34N4O2/c1-20-29(34(4)19-33-20)23-16-27-28(32-18-23)25-11-10-24(31(2,3)36)17-26(25)35(27)30(21-8-6-5-7-9-21)22-12-14-37-15-13-22/h5-11,16-19,22,30,36H,12-15H2,1-4H3/t30-/m1/s1/i30D. The molecule has 0 amide bonds. The number of ether oxygens (including phenoxy) is 1. The number of hydrogen-bond donors (Lipinski definition) is 1. The maximum atomic E-state index is 10.9. The van der Waals surface area contributed by atoms with Crippen molar-refractivity contribution in [3.8, 4) is 11.3 Å². The molecule has 1 N–H and O–H groups in total. The molecule has 6 rings (SSSR count). The van der Waals surface area contributed by atoms with Crippen molar-refractivity contribution in [2.24, 2.45) is 13.0 Å². The highest BCUT2D eigenvalue weighted by Gasteiger charge is 2.31. The van der Waals surface area contributed by atoms with Crippen LogP contribution in [0, 0.1) is 12.8 Å². The normalized spacial score (nSPS) is 17.3. The predicted molar refractivity (Wildman–Crippen MR) is 148 cm³/mol. The molecule has 0 radical (unpaired) electrons. The second-order valence-corrected chi connectivity index (χ2v) is 10.6. The first-order valence-electron chi connectivity index (χ1n) is 13.5. The van der Waals surface area contributed by atoms with Crippen LogP contribution in [-0.2, 0) is 17.4 Å². The average Bonchev–Trinajstić information content (AvgIpc) is 3.44. The lowest BCUT2D eigenvalue weighted by molar-refractivity contribution is 0.0552. The van der Waals surface area contributed by atoms with Crippen LogP contribution in [-0.4, -0.2) is 37.4 Å². The van der Waals surface area contributed by atoms with E-state index >= 15 is 0 Å². The van der Waals surface area contributed by atoms with Crippen molar-refractivity contribution in [2.75, 3.05) is 13.2 Å². The SMILES string of the molecule is [2H][C@@](c1ccccc1)(C1CCOCC1)n1c2cc(C(C)(C)O)ccc2c2ncc(-c3c(C)ncn3C)cc21. The van der Waals surface area contributed by atoms with Crippen molar-refractivity contribution in [3.05, 3.63) is 83.9 Å². The minimum atomic E-state index is -1.11. The summed E-state index contributed by atoms with van der Waals surface area (Å²) in [6.07, 6.45) is 5.31. The number of aliphatic hydroxyl groups is 1. The molecule has 0 unspecified atom stereocenters. The Morgan fingerprint density at radius 3 is 2.49 bits per heavy atom. The number of aromatic nitrogens is 4. The van der Waals surface area contributed by atoms with Crippen molar-refractivity contribution in [3.63, 3.8) is 0 Å². The van der Waals surface area contributed by atoms with Crippen LogP contribution in [0.3, 0.4) is 0 Å². The first-order chi connectivity index (χ1) is 18.2. The second-order valence-electron chi connectivity index (χ2n) is 10.6. The van der Waals surface area contributed by atoms with E-state index in [-0.39, 0.29) is 5.92 Å². The molecule has 0 bridgehead atoms. The van der Waals surface area contributed by atoms with Crippen LogP contribution in [0.4, 0.5) is 0 Å². The Kier molecular flexibility index (Phi) is 5.59. The van der Waals surface area contributed by atoms with E-state index in [1.54, 1.807) is 13.8 Å². The van der Waals surface area contributed by atoms with Gasteiger partial charge in [-0.3, -0.25) is 4.98 Å². The molecule has 4 heterocycles. The summed E-state index contributed by atoms with van der Waals surface area (Å²) in [7, 11) is 1.99. The van der Waals surface area contributed by atoms with Gasteiger partial charge in [0, 0.05) is 37.4 Å². The van der Waals surface area contributed by atoms with Crippen molar-refractivity contribution >= 4 is 21.9 Å². The monoisotopic (exact) mass is 495 g/mol. The van der Waals surface area contributed by atoms with E-state index in [4.69, 9.17) is 9.72 Å². The lowest BCUT2D eigenvalue weighted by Crippen LogP contribution is -2.27. The molecule has 6 nitrogen and oxygen atoms in total. The van der Waals surface area contributed by atoms with Crippen LogP contribution >= 0.6 is 0 Å². The third kappa shape index (κ3) is 4.14. The van der Waals surface area contributed by atoms with Crippen molar-refractivity contribution in [1.29, 1.82) is 0 Å². The van der Waals surface area contributed by atoms with Gasteiger partial charge in [-0.2, -0.15) is 0 Å². The summed E-state index contributed by atoms with van der Waals surface area (Å²) in [4.78, 5) is 9.48. The Morgan fingerprint density at radius 2 is 1.81 bits per heavy atom. The zero-order valence-corrected chi connectivity index (χ0v) is 21.9. The number of rotatable bonds is 5. The van der Waals surface area contributed by atoms with Crippen LogP contribution in [0.2, 0.25) is 0 Å². The van der Waals surface area contributed by atoms with E-state index < -0.39 is 11.6 Å². The van der Waals surface area contributed by atoms with Gasteiger partial charge in [-0.25, -0.2) is 4.98 Å². The van der Waals surface area contributed by atoms with Crippen LogP contribution in [0.5, 0.6) is 0 Å². The second kappa shape index (κ2) is 9.12. The number of nitrogens with zero attached hydrogens (tertiary/aromatic N) is 4. The topological polar surface area (TPSA) is 65.1 Å². The minimum absolute atomic E-state index is 0.0327. The lowest BCUT2D eigenvalue weighted by atomic mass is 9.86. The third-order valence-corrected chi connectivity index (χ3v) is 7.62. The summed E-state index contributed by atoms with van der Waals surface area (Å²) in [5.41, 5.74) is 6.28. The average molecular weight is 496 g/mol. The number of hydrogen-bond acceptors (Lipinski definition) is 4. The van der Waals surface area contributed by atoms with Gasteiger partial charge in [-0.15, -0.1) is 0 Å². The highest BCUT2D eigenvalue weighted by atomic mass is 16.5. The number of pyridine rings is 1. The number of benzene rings is 2. The van der Waals surface area contributed by atoms with Gasteiger partial charge in [0.05, 0.1) is 47.3 Å². The van der Waals surface area contributed by atoms with E-state index in [0.29, 0.717) is 13.2 Å². The van der Waals surface area contributed by atoms with E-state index in [2.05, 4.69) is 27.8 Å². The number of imidazole rings is 1. The fourth-order valence-electron chi connectivity index (χ4n) is 5.73. The largest absolute Gasteiger partial charge is 0.386 e. The first kappa shape index (κ1) is 22.7. The van der Waals surface area contributed by atoms with Gasteiger partial charge in [0.15, 0.2) is 0 Å². The molecule has 1 atom stereocenters. The Balaban J connectivity index is 1.74. The molecule has 190 valence electrons.